The van der Waals surface area contributed by atoms with Gasteiger partial charge in [0.1, 0.15) is 5.82 Å². The van der Waals surface area contributed by atoms with Crippen LogP contribution < -0.4 is 0 Å². The number of benzene rings is 1. The Morgan fingerprint density at radius 1 is 1.10 bits per heavy atom. The zero-order chi connectivity index (χ0) is 15.0. The van der Waals surface area contributed by atoms with Crippen LogP contribution in [0.1, 0.15) is 23.2 Å². The van der Waals surface area contributed by atoms with Crippen LogP contribution in [-0.4, -0.2) is 47.8 Å². The molecule has 2 aliphatic rings. The minimum absolute atomic E-state index is 0.116. The van der Waals surface area contributed by atoms with E-state index >= 15 is 0 Å². The monoisotopic (exact) mass is 354 g/mol. The molecule has 1 aliphatic carbocycles. The normalized spacial score (nSPS) is 18.8. The highest BCUT2D eigenvalue weighted by Crippen LogP contribution is 2.31. The minimum atomic E-state index is -0.383. The summed E-state index contributed by atoms with van der Waals surface area (Å²) in [5.41, 5.74) is 0.463. The first-order valence-electron chi connectivity index (χ1n) is 7.09. The Morgan fingerprint density at radius 3 is 2.29 bits per heavy atom. The maximum absolute atomic E-state index is 13.2. The van der Waals surface area contributed by atoms with Crippen LogP contribution in [0, 0.1) is 11.7 Å². The van der Waals surface area contributed by atoms with Crippen LogP contribution in [-0.2, 0) is 4.79 Å². The SMILES string of the molecule is O=C(c1ccc(F)c(Br)c1)N1CCN(C(=O)C2CC2)CC1. The molecule has 1 aromatic carbocycles. The number of halogens is 2. The van der Waals surface area contributed by atoms with Gasteiger partial charge < -0.3 is 9.80 Å². The van der Waals surface area contributed by atoms with Gasteiger partial charge in [-0.3, -0.25) is 9.59 Å². The molecule has 2 amide bonds. The Kier molecular flexibility index (Phi) is 3.97. The smallest absolute Gasteiger partial charge is 0.254 e. The minimum Gasteiger partial charge on any atom is -0.339 e. The second-order valence-corrected chi connectivity index (χ2v) is 6.37. The lowest BCUT2D eigenvalue weighted by atomic mass is 10.1. The van der Waals surface area contributed by atoms with Crippen molar-refractivity contribution in [3.63, 3.8) is 0 Å². The summed E-state index contributed by atoms with van der Waals surface area (Å²) in [6.07, 6.45) is 2.00. The maximum atomic E-state index is 13.2. The quantitative estimate of drug-likeness (QED) is 0.817. The summed E-state index contributed by atoms with van der Waals surface area (Å²) >= 11 is 3.09. The zero-order valence-electron chi connectivity index (χ0n) is 11.5. The lowest BCUT2D eigenvalue weighted by Gasteiger charge is -2.35. The highest BCUT2D eigenvalue weighted by Gasteiger charge is 2.35. The molecule has 1 aliphatic heterocycles. The number of amides is 2. The van der Waals surface area contributed by atoms with E-state index in [9.17, 15) is 14.0 Å². The van der Waals surface area contributed by atoms with E-state index in [-0.39, 0.29) is 28.0 Å². The molecule has 112 valence electrons. The van der Waals surface area contributed by atoms with Crippen molar-refractivity contribution >= 4 is 27.7 Å². The number of carbonyl (C=O) groups is 2. The summed E-state index contributed by atoms with van der Waals surface area (Å²) in [7, 11) is 0. The Balaban J connectivity index is 1.61. The fourth-order valence-electron chi connectivity index (χ4n) is 2.53. The standard InChI is InChI=1S/C15H16BrFN2O2/c16-12-9-11(3-4-13(12)17)15(21)19-7-5-18(6-8-19)14(20)10-1-2-10/h3-4,9-10H,1-2,5-8H2. The van der Waals surface area contributed by atoms with Crippen LogP contribution in [0.25, 0.3) is 0 Å². The van der Waals surface area contributed by atoms with E-state index in [1.807, 2.05) is 4.90 Å². The van der Waals surface area contributed by atoms with Crippen LogP contribution >= 0.6 is 15.9 Å². The highest BCUT2D eigenvalue weighted by atomic mass is 79.9. The molecular formula is C15H16BrFN2O2. The van der Waals surface area contributed by atoms with Crippen LogP contribution in [0.5, 0.6) is 0 Å². The number of piperazine rings is 1. The third kappa shape index (κ3) is 3.10. The molecule has 0 radical (unpaired) electrons. The van der Waals surface area contributed by atoms with Gasteiger partial charge in [0.15, 0.2) is 0 Å². The number of nitrogens with zero attached hydrogens (tertiary/aromatic N) is 2. The molecule has 3 rings (SSSR count). The van der Waals surface area contributed by atoms with Crippen molar-refractivity contribution in [3.05, 3.63) is 34.1 Å². The molecule has 21 heavy (non-hydrogen) atoms. The van der Waals surface area contributed by atoms with E-state index in [1.165, 1.54) is 18.2 Å². The third-order valence-corrected chi connectivity index (χ3v) is 4.58. The van der Waals surface area contributed by atoms with Gasteiger partial charge in [0.05, 0.1) is 4.47 Å². The molecule has 1 heterocycles. The van der Waals surface area contributed by atoms with E-state index in [0.717, 1.165) is 12.8 Å². The maximum Gasteiger partial charge on any atom is 0.254 e. The predicted octanol–water partition coefficient (Wildman–Crippen LogP) is 2.28. The Labute approximate surface area is 131 Å². The van der Waals surface area contributed by atoms with E-state index in [4.69, 9.17) is 0 Å². The molecule has 1 saturated heterocycles. The molecule has 0 bridgehead atoms. The molecule has 0 spiro atoms. The first kappa shape index (κ1) is 14.5. The van der Waals surface area contributed by atoms with Gasteiger partial charge >= 0.3 is 0 Å². The lowest BCUT2D eigenvalue weighted by Crippen LogP contribution is -2.51. The average molecular weight is 355 g/mol. The first-order valence-corrected chi connectivity index (χ1v) is 7.88. The van der Waals surface area contributed by atoms with Crippen LogP contribution in [0.3, 0.4) is 0 Å². The number of hydrogen-bond acceptors (Lipinski definition) is 2. The molecule has 0 N–H and O–H groups in total. The second-order valence-electron chi connectivity index (χ2n) is 5.52. The van der Waals surface area contributed by atoms with Gasteiger partial charge in [-0.25, -0.2) is 4.39 Å². The summed E-state index contributed by atoms with van der Waals surface area (Å²) in [5, 5.41) is 0. The third-order valence-electron chi connectivity index (χ3n) is 3.97. The fourth-order valence-corrected chi connectivity index (χ4v) is 2.91. The predicted molar refractivity (Wildman–Crippen MR) is 79.3 cm³/mol. The van der Waals surface area contributed by atoms with Crippen molar-refractivity contribution in [2.24, 2.45) is 5.92 Å². The first-order chi connectivity index (χ1) is 10.1. The lowest BCUT2D eigenvalue weighted by molar-refractivity contribution is -0.134. The van der Waals surface area contributed by atoms with Crippen molar-refractivity contribution < 1.29 is 14.0 Å². The van der Waals surface area contributed by atoms with Crippen molar-refractivity contribution in [2.75, 3.05) is 26.2 Å². The van der Waals surface area contributed by atoms with Gasteiger partial charge in [0.25, 0.3) is 5.91 Å². The Bertz CT molecular complexity index is 581. The topological polar surface area (TPSA) is 40.6 Å². The fraction of sp³-hybridized carbons (Fsp3) is 0.467. The Hall–Kier alpha value is -1.43. The molecule has 0 aromatic heterocycles. The molecule has 1 aromatic rings. The largest absolute Gasteiger partial charge is 0.339 e. The molecule has 1 saturated carbocycles. The van der Waals surface area contributed by atoms with Gasteiger partial charge in [0.2, 0.25) is 5.91 Å². The van der Waals surface area contributed by atoms with E-state index in [1.54, 1.807) is 4.90 Å². The van der Waals surface area contributed by atoms with Gasteiger partial charge in [0, 0.05) is 37.7 Å². The van der Waals surface area contributed by atoms with Crippen molar-refractivity contribution in [1.82, 2.24) is 9.80 Å². The van der Waals surface area contributed by atoms with Crippen molar-refractivity contribution in [2.45, 2.75) is 12.8 Å². The zero-order valence-corrected chi connectivity index (χ0v) is 13.1. The number of rotatable bonds is 2. The van der Waals surface area contributed by atoms with E-state index < -0.39 is 0 Å². The summed E-state index contributed by atoms with van der Waals surface area (Å²) in [4.78, 5) is 27.9. The van der Waals surface area contributed by atoms with Crippen LogP contribution in [0.15, 0.2) is 22.7 Å². The van der Waals surface area contributed by atoms with Crippen molar-refractivity contribution in [3.8, 4) is 0 Å². The molecule has 0 atom stereocenters. The van der Waals surface area contributed by atoms with Gasteiger partial charge in [-0.05, 0) is 47.0 Å². The summed E-state index contributed by atoms with van der Waals surface area (Å²) < 4.78 is 13.5. The van der Waals surface area contributed by atoms with Crippen molar-refractivity contribution in [1.29, 1.82) is 0 Å². The van der Waals surface area contributed by atoms with Gasteiger partial charge in [-0.15, -0.1) is 0 Å². The highest BCUT2D eigenvalue weighted by molar-refractivity contribution is 9.10. The van der Waals surface area contributed by atoms with E-state index in [2.05, 4.69) is 15.9 Å². The summed E-state index contributed by atoms with van der Waals surface area (Å²) in [6, 6.07) is 4.27. The molecule has 4 nitrogen and oxygen atoms in total. The molecular weight excluding hydrogens is 339 g/mol. The van der Waals surface area contributed by atoms with Gasteiger partial charge in [-0.2, -0.15) is 0 Å². The van der Waals surface area contributed by atoms with Crippen LogP contribution in [0.2, 0.25) is 0 Å². The second kappa shape index (κ2) is 5.75. The van der Waals surface area contributed by atoms with Gasteiger partial charge in [-0.1, -0.05) is 0 Å². The Morgan fingerprint density at radius 2 is 1.71 bits per heavy atom. The summed E-state index contributed by atoms with van der Waals surface area (Å²) in [6.45, 7) is 2.24. The average Bonchev–Trinajstić information content (AvgIpc) is 3.33. The molecule has 0 unspecified atom stereocenters. The summed E-state index contributed by atoms with van der Waals surface area (Å²) in [5.74, 6) is -0.0486. The molecule has 6 heteroatoms. The molecule has 2 fully saturated rings. The number of carbonyl (C=O) groups excluding carboxylic acids is 2. The van der Waals surface area contributed by atoms with E-state index in [0.29, 0.717) is 31.7 Å². The van der Waals surface area contributed by atoms with Crippen LogP contribution in [0.4, 0.5) is 4.39 Å². The number of hydrogen-bond donors (Lipinski definition) is 0.